The van der Waals surface area contributed by atoms with Gasteiger partial charge in [0.05, 0.1) is 0 Å². The fourth-order valence-corrected chi connectivity index (χ4v) is 1.88. The number of hydrogen-bond acceptors (Lipinski definition) is 0. The van der Waals surface area contributed by atoms with Crippen LogP contribution in [0.15, 0.2) is 45.5 Å². The maximum atomic E-state index is 7.07. The molecule has 1 unspecified atom stereocenters. The van der Waals surface area contributed by atoms with Gasteiger partial charge in [0.15, 0.2) is 0 Å². The van der Waals surface area contributed by atoms with Gasteiger partial charge in [-0.05, 0) is 12.1 Å². The molecule has 0 radical (unpaired) electrons. The zero-order valence-corrected chi connectivity index (χ0v) is 18.5. The quantitative estimate of drug-likeness (QED) is 0.379. The zero-order valence-electron chi connectivity index (χ0n) is 12.8. The number of allylic oxidation sites excluding steroid dienone is 4. The summed E-state index contributed by atoms with van der Waals surface area (Å²) in [7, 11) is 0. The third-order valence-electron chi connectivity index (χ3n) is 3.08. The topological polar surface area (TPSA) is 23.8 Å². The molecule has 1 nitrogen and oxygen atoms in total. The first-order valence-electron chi connectivity index (χ1n) is 6.02. The third kappa shape index (κ3) is 9.84. The van der Waals surface area contributed by atoms with Gasteiger partial charge in [0.2, 0.25) is 0 Å². The molecule has 0 fully saturated rings. The summed E-state index contributed by atoms with van der Waals surface area (Å²) >= 11 is 4.56. The van der Waals surface area contributed by atoms with E-state index in [0.29, 0.717) is 11.6 Å². The van der Waals surface area contributed by atoms with Crippen molar-refractivity contribution in [2.45, 2.75) is 27.7 Å². The van der Waals surface area contributed by atoms with Crippen LogP contribution in [0.2, 0.25) is 0 Å². The molecule has 0 bridgehead atoms. The monoisotopic (exact) mass is 467 g/mol. The summed E-state index contributed by atoms with van der Waals surface area (Å²) in [6.45, 7) is 8.67. The molecule has 0 aromatic heterocycles. The van der Waals surface area contributed by atoms with Gasteiger partial charge in [0.25, 0.3) is 0 Å². The van der Waals surface area contributed by atoms with Gasteiger partial charge in [-0.15, -0.1) is 37.4 Å². The van der Waals surface area contributed by atoms with E-state index >= 15 is 0 Å². The van der Waals surface area contributed by atoms with Crippen molar-refractivity contribution >= 4 is 50.6 Å². The van der Waals surface area contributed by atoms with E-state index in [-0.39, 0.29) is 24.8 Å². The molecule has 1 atom stereocenters. The number of rotatable bonds is 0. The average molecular weight is 470 g/mol. The summed E-state index contributed by atoms with van der Waals surface area (Å²) in [6, 6.07) is 7.18. The molecule has 1 aliphatic carbocycles. The smallest absolute Gasteiger partial charge is 0.0174 e. The molecule has 0 saturated heterocycles. The average Bonchev–Trinajstić information content (AvgIpc) is 2.63. The third-order valence-corrected chi connectivity index (χ3v) is 3.61. The Balaban J connectivity index is -0.000000255. The summed E-state index contributed by atoms with van der Waals surface area (Å²) in [4.78, 5) is 0. The first-order chi connectivity index (χ1) is 8.91. The van der Waals surface area contributed by atoms with E-state index in [9.17, 15) is 0 Å². The first-order valence-corrected chi connectivity index (χ1v) is 8.55. The van der Waals surface area contributed by atoms with Crippen LogP contribution < -0.4 is 0 Å². The Morgan fingerprint density at radius 3 is 1.71 bits per heavy atom. The van der Waals surface area contributed by atoms with Gasteiger partial charge >= 0.3 is 28.4 Å². The standard InChI is InChI=1S/C9H13.C6H5BrN.CH2.2ClH.Zr/c1-6-5-7(2)9(4)8(6)3;7-5-1-3-6(8)4-2-5;;;;/h6H,1-4H3;1-4,8H;1H2;2*1H;/q2*-1;;;;+2. The van der Waals surface area contributed by atoms with E-state index in [0.717, 1.165) is 4.47 Å². The Morgan fingerprint density at radius 1 is 1.10 bits per heavy atom. The second-order valence-electron chi connectivity index (χ2n) is 4.31. The molecule has 1 N–H and O–H groups in total. The van der Waals surface area contributed by atoms with Crippen molar-refractivity contribution in [1.29, 1.82) is 0 Å². The van der Waals surface area contributed by atoms with Crippen LogP contribution in [-0.4, -0.2) is 4.21 Å². The number of halogens is 3. The van der Waals surface area contributed by atoms with E-state index in [2.05, 4.69) is 53.9 Å². The number of nitrogens with one attached hydrogen (secondary N) is 1. The summed E-state index contributed by atoms with van der Waals surface area (Å²) in [6.07, 6.45) is 3.36. The summed E-state index contributed by atoms with van der Waals surface area (Å²) in [5.41, 5.74) is 11.9. The Labute approximate surface area is 164 Å². The van der Waals surface area contributed by atoms with E-state index < -0.39 is 0 Å². The van der Waals surface area contributed by atoms with Crippen molar-refractivity contribution in [2.24, 2.45) is 5.92 Å². The van der Waals surface area contributed by atoms with Gasteiger partial charge in [0.1, 0.15) is 0 Å². The van der Waals surface area contributed by atoms with E-state index in [1.807, 2.05) is 12.1 Å². The molecule has 1 aliphatic rings. The maximum Gasteiger partial charge on any atom is 0.0174 e. The number of benzene rings is 1. The molecule has 0 amide bonds. The summed E-state index contributed by atoms with van der Waals surface area (Å²) in [5, 5.41) is 0. The molecule has 0 spiro atoms. The minimum absolute atomic E-state index is 0. The summed E-state index contributed by atoms with van der Waals surface area (Å²) < 4.78 is 4.36. The normalized spacial score (nSPS) is 15.4. The molecule has 0 saturated carbocycles. The molecule has 5 heteroatoms. The minimum atomic E-state index is 0. The van der Waals surface area contributed by atoms with Gasteiger partial charge in [0, 0.05) is 4.47 Å². The fraction of sp³-hybridized carbons (Fsp3) is 0.312. The molecule has 2 rings (SSSR count). The molecule has 1 aromatic carbocycles. The van der Waals surface area contributed by atoms with Crippen molar-refractivity contribution in [1.82, 2.24) is 0 Å². The molecule has 1 aromatic rings. The van der Waals surface area contributed by atoms with E-state index in [4.69, 9.17) is 5.73 Å². The van der Waals surface area contributed by atoms with Crippen LogP contribution in [0.5, 0.6) is 0 Å². The van der Waals surface area contributed by atoms with Gasteiger partial charge < -0.3 is 5.73 Å². The van der Waals surface area contributed by atoms with Crippen LogP contribution in [0.4, 0.5) is 5.69 Å². The predicted octanol–water partition coefficient (Wildman–Crippen LogP) is 6.66. The van der Waals surface area contributed by atoms with Crippen LogP contribution >= 0.6 is 40.7 Å². The van der Waals surface area contributed by atoms with Crippen LogP contribution in [0.1, 0.15) is 27.7 Å². The Morgan fingerprint density at radius 2 is 1.52 bits per heavy atom. The second kappa shape index (κ2) is 13.9. The molecular formula is C16H22BrCl2NZr. The van der Waals surface area contributed by atoms with Crippen LogP contribution in [0, 0.1) is 12.0 Å². The molecule has 0 aliphatic heterocycles. The second-order valence-corrected chi connectivity index (χ2v) is 5.22. The summed E-state index contributed by atoms with van der Waals surface area (Å²) in [5.74, 6) is 0.560. The van der Waals surface area contributed by atoms with Crippen molar-refractivity contribution in [3.8, 4) is 0 Å². The molecule has 0 heterocycles. The Kier molecular flexibility index (Phi) is 17.4. The molecule has 116 valence electrons. The van der Waals surface area contributed by atoms with E-state index in [1.54, 1.807) is 12.1 Å². The van der Waals surface area contributed by atoms with Gasteiger partial charge in [-0.2, -0.15) is 11.1 Å². The fourth-order valence-electron chi connectivity index (χ4n) is 1.61. The SMILES string of the molecule is CC1=[C-]C(C)C(C)=C1C.Cl.Cl.[CH2]=[Zr+2].[NH-]c1ccc(Br)cc1. The van der Waals surface area contributed by atoms with Crippen molar-refractivity contribution < 1.29 is 24.2 Å². The zero-order chi connectivity index (χ0) is 15.0. The van der Waals surface area contributed by atoms with Gasteiger partial charge in [-0.3, -0.25) is 6.08 Å². The largest absolute Gasteiger partial charge is 0.699 e. The van der Waals surface area contributed by atoms with E-state index in [1.165, 1.54) is 41.0 Å². The predicted molar refractivity (Wildman–Crippen MR) is 99.7 cm³/mol. The van der Waals surface area contributed by atoms with Gasteiger partial charge in [-0.25, -0.2) is 5.57 Å². The number of hydrogen-bond donors (Lipinski definition) is 0. The maximum absolute atomic E-state index is 7.07. The van der Waals surface area contributed by atoms with Crippen LogP contribution in [0.3, 0.4) is 0 Å². The molecular weight excluding hydrogens is 448 g/mol. The van der Waals surface area contributed by atoms with Crippen molar-refractivity contribution in [3.05, 3.63) is 57.3 Å². The van der Waals surface area contributed by atoms with Crippen LogP contribution in [0.25, 0.3) is 5.73 Å². The van der Waals surface area contributed by atoms with Crippen molar-refractivity contribution in [3.63, 3.8) is 0 Å². The first kappa shape index (κ1) is 26.2. The Bertz CT molecular complexity index is 449. The van der Waals surface area contributed by atoms with Crippen molar-refractivity contribution in [2.75, 3.05) is 0 Å². The van der Waals surface area contributed by atoms with Crippen LogP contribution in [-0.2, 0) is 24.2 Å². The molecule has 21 heavy (non-hydrogen) atoms. The van der Waals surface area contributed by atoms with Gasteiger partial charge in [-0.1, -0.05) is 54.8 Å². The minimum Gasteiger partial charge on any atom is -0.699 e. The Hall–Kier alpha value is 0.313.